The Bertz CT molecular complexity index is 1370. The molecule has 3 aliphatic carbocycles. The molecule has 0 radical (unpaired) electrons. The largest absolute Gasteiger partial charge is 0.534 e. The van der Waals surface area contributed by atoms with Crippen LogP contribution in [0, 0.1) is 30.1 Å². The number of hydrogen-bond acceptors (Lipinski definition) is 7. The first kappa shape index (κ1) is 27.1. The van der Waals surface area contributed by atoms with Crippen LogP contribution in [0.5, 0.6) is 5.75 Å². The number of fused-ring (bicyclic) bond motifs is 5. The number of alkyl halides is 3. The Balaban J connectivity index is 1.32. The molecular weight excluding hydrogens is 541 g/mol. The first-order valence-corrected chi connectivity index (χ1v) is 14.9. The maximum absolute atomic E-state index is 13.2. The van der Waals surface area contributed by atoms with Crippen molar-refractivity contribution >= 4 is 38.3 Å². The zero-order valence-corrected chi connectivity index (χ0v) is 22.6. The van der Waals surface area contributed by atoms with E-state index in [1.165, 1.54) is 23.5 Å². The highest BCUT2D eigenvalue weighted by Crippen LogP contribution is 2.62. The van der Waals surface area contributed by atoms with Crippen molar-refractivity contribution in [3.05, 3.63) is 40.4 Å². The molecule has 5 atom stereocenters. The predicted octanol–water partition coefficient (Wildman–Crippen LogP) is 5.75. The number of ketones is 1. The third-order valence-electron chi connectivity index (χ3n) is 8.64. The molecule has 2 fully saturated rings. The van der Waals surface area contributed by atoms with Crippen molar-refractivity contribution in [3.63, 3.8) is 0 Å². The fourth-order valence-electron chi connectivity index (χ4n) is 7.02. The number of Topliss-reactive ketones (excluding diaryl/α,β-unsaturated/α-hetero) is 1. The molecule has 1 aromatic carbocycles. The molecule has 1 N–H and O–H groups in total. The zero-order valence-electron chi connectivity index (χ0n) is 21.0. The first-order chi connectivity index (χ1) is 17.8. The van der Waals surface area contributed by atoms with E-state index in [2.05, 4.69) is 14.5 Å². The molecule has 38 heavy (non-hydrogen) atoms. The number of nitrogens with one attached hydrogen (secondary N) is 1. The number of aryl methyl sites for hydroxylation is 2. The maximum atomic E-state index is 13.2. The average molecular weight is 571 g/mol. The van der Waals surface area contributed by atoms with Crippen LogP contribution in [0.15, 0.2) is 24.4 Å². The number of carbonyl (C=O) groups is 2. The standard InChI is InChI=1S/C26H29F3N2O5S2/c1-14-13-30-24(37-14)31-22(33)8-4-16-12-21(32)25(2)10-9-19-18-7-5-17(36-38(34,35)26(27,28)29)11-15(18)3-6-20(19)23(16)25/h5,7,11,13,16,19-20,23H,3-4,6,8-10,12H2,1-2H3,(H,30,31,33). The number of amides is 1. The van der Waals surface area contributed by atoms with Gasteiger partial charge in [0.2, 0.25) is 5.91 Å². The number of nitrogens with zero attached hydrogens (tertiary/aromatic N) is 1. The Kier molecular flexibility index (Phi) is 6.86. The van der Waals surface area contributed by atoms with Crippen LogP contribution >= 0.6 is 11.3 Å². The van der Waals surface area contributed by atoms with E-state index in [0.717, 1.165) is 28.8 Å². The van der Waals surface area contributed by atoms with Crippen molar-refractivity contribution in [2.24, 2.45) is 23.2 Å². The number of carbonyl (C=O) groups excluding carboxylic acids is 2. The van der Waals surface area contributed by atoms with Gasteiger partial charge in [-0.05, 0) is 86.0 Å². The maximum Gasteiger partial charge on any atom is 0.534 e. The quantitative estimate of drug-likeness (QED) is 0.351. The SMILES string of the molecule is Cc1cnc(NC(=O)CCC2CC(=O)C3(C)CCC4c5ccc(OS(=O)(=O)C(F)(F)F)cc5CCC4C23)s1. The van der Waals surface area contributed by atoms with Crippen molar-refractivity contribution in [2.75, 3.05) is 5.32 Å². The van der Waals surface area contributed by atoms with Gasteiger partial charge in [0.15, 0.2) is 5.13 Å². The van der Waals surface area contributed by atoms with Crippen LogP contribution in [-0.4, -0.2) is 30.6 Å². The molecule has 1 heterocycles. The number of halogens is 3. The van der Waals surface area contributed by atoms with E-state index in [1.807, 2.05) is 13.8 Å². The van der Waals surface area contributed by atoms with Gasteiger partial charge >= 0.3 is 15.6 Å². The Morgan fingerprint density at radius 2 is 2.05 bits per heavy atom. The molecule has 206 valence electrons. The average Bonchev–Trinajstić information content (AvgIpc) is 3.35. The fraction of sp³-hybridized carbons (Fsp3) is 0.577. The van der Waals surface area contributed by atoms with Crippen LogP contribution in [-0.2, 0) is 26.1 Å². The number of hydrogen-bond donors (Lipinski definition) is 1. The number of rotatable bonds is 6. The molecule has 1 aromatic heterocycles. The minimum Gasteiger partial charge on any atom is -0.376 e. The Morgan fingerprint density at radius 3 is 2.74 bits per heavy atom. The molecule has 7 nitrogen and oxygen atoms in total. The van der Waals surface area contributed by atoms with Crippen molar-refractivity contribution in [1.29, 1.82) is 0 Å². The second-order valence-corrected chi connectivity index (χ2v) is 13.7. The summed E-state index contributed by atoms with van der Waals surface area (Å²) in [6.45, 7) is 3.96. The molecule has 5 unspecified atom stereocenters. The summed E-state index contributed by atoms with van der Waals surface area (Å²) in [6.07, 6.45) is 5.81. The van der Waals surface area contributed by atoms with Gasteiger partial charge < -0.3 is 9.50 Å². The molecule has 12 heteroatoms. The fourth-order valence-corrected chi connectivity index (χ4v) is 8.15. The molecular formula is C26H29F3N2O5S2. The zero-order chi connectivity index (χ0) is 27.5. The highest BCUT2D eigenvalue weighted by Gasteiger charge is 2.58. The van der Waals surface area contributed by atoms with Crippen molar-refractivity contribution in [3.8, 4) is 5.75 Å². The number of aromatic nitrogens is 1. The predicted molar refractivity (Wildman–Crippen MR) is 135 cm³/mol. The highest BCUT2D eigenvalue weighted by atomic mass is 32.2. The van der Waals surface area contributed by atoms with Crippen LogP contribution < -0.4 is 9.50 Å². The minimum absolute atomic E-state index is 0.0742. The van der Waals surface area contributed by atoms with E-state index in [4.69, 9.17) is 0 Å². The first-order valence-electron chi connectivity index (χ1n) is 12.7. The lowest BCUT2D eigenvalue weighted by Crippen LogP contribution is -2.44. The summed E-state index contributed by atoms with van der Waals surface area (Å²) >= 11 is 1.41. The molecule has 0 aliphatic heterocycles. The van der Waals surface area contributed by atoms with Crippen LogP contribution in [0.1, 0.15) is 67.4 Å². The molecule has 1 amide bonds. The van der Waals surface area contributed by atoms with Gasteiger partial charge in [0.05, 0.1) is 0 Å². The van der Waals surface area contributed by atoms with Gasteiger partial charge in [-0.1, -0.05) is 13.0 Å². The number of anilines is 1. The summed E-state index contributed by atoms with van der Waals surface area (Å²) in [5.74, 6) is 0.273. The summed E-state index contributed by atoms with van der Waals surface area (Å²) in [7, 11) is -5.74. The molecule has 3 aliphatic rings. The Hall–Kier alpha value is -2.47. The van der Waals surface area contributed by atoms with Gasteiger partial charge in [-0.3, -0.25) is 9.59 Å². The van der Waals surface area contributed by atoms with E-state index < -0.39 is 21.0 Å². The van der Waals surface area contributed by atoms with Gasteiger partial charge in [0.25, 0.3) is 0 Å². The van der Waals surface area contributed by atoms with Crippen LogP contribution in [0.2, 0.25) is 0 Å². The van der Waals surface area contributed by atoms with E-state index in [-0.39, 0.29) is 41.1 Å². The number of benzene rings is 1. The Morgan fingerprint density at radius 1 is 1.29 bits per heavy atom. The minimum atomic E-state index is -5.74. The summed E-state index contributed by atoms with van der Waals surface area (Å²) in [4.78, 5) is 30.9. The van der Waals surface area contributed by atoms with Gasteiger partial charge in [0.1, 0.15) is 11.5 Å². The third kappa shape index (κ3) is 4.85. The van der Waals surface area contributed by atoms with Gasteiger partial charge in [-0.25, -0.2) is 4.98 Å². The van der Waals surface area contributed by atoms with Gasteiger partial charge in [0, 0.05) is 29.3 Å². The van der Waals surface area contributed by atoms with E-state index in [1.54, 1.807) is 12.3 Å². The monoisotopic (exact) mass is 570 g/mol. The number of thiazole rings is 1. The summed E-state index contributed by atoms with van der Waals surface area (Å²) in [6, 6.07) is 4.34. The molecule has 2 aromatic rings. The van der Waals surface area contributed by atoms with Crippen LogP contribution in [0.25, 0.3) is 0 Å². The third-order valence-corrected chi connectivity index (χ3v) is 10.4. The van der Waals surface area contributed by atoms with Crippen molar-refractivity contribution in [1.82, 2.24) is 4.98 Å². The lowest BCUT2D eigenvalue weighted by molar-refractivity contribution is -0.129. The van der Waals surface area contributed by atoms with Gasteiger partial charge in [-0.2, -0.15) is 21.6 Å². The van der Waals surface area contributed by atoms with Crippen LogP contribution in [0.4, 0.5) is 18.3 Å². The molecule has 2 saturated carbocycles. The van der Waals surface area contributed by atoms with Gasteiger partial charge in [-0.15, -0.1) is 11.3 Å². The van der Waals surface area contributed by atoms with Crippen LogP contribution in [0.3, 0.4) is 0 Å². The molecule has 5 rings (SSSR count). The molecule has 0 spiro atoms. The lowest BCUT2D eigenvalue weighted by Gasteiger charge is -2.50. The van der Waals surface area contributed by atoms with Crippen molar-refractivity contribution in [2.45, 2.75) is 70.2 Å². The summed E-state index contributed by atoms with van der Waals surface area (Å²) in [5, 5.41) is 3.40. The van der Waals surface area contributed by atoms with E-state index in [0.29, 0.717) is 37.2 Å². The van der Waals surface area contributed by atoms with Crippen molar-refractivity contribution < 1.29 is 35.4 Å². The summed E-state index contributed by atoms with van der Waals surface area (Å²) in [5.41, 5.74) is -4.18. The van der Waals surface area contributed by atoms with E-state index in [9.17, 15) is 31.2 Å². The normalized spacial score (nSPS) is 28.8. The second-order valence-electron chi connectivity index (χ2n) is 10.9. The van der Waals surface area contributed by atoms with E-state index >= 15 is 0 Å². The molecule has 0 saturated heterocycles. The smallest absolute Gasteiger partial charge is 0.376 e. The topological polar surface area (TPSA) is 102 Å². The Labute approximate surface area is 223 Å². The highest BCUT2D eigenvalue weighted by molar-refractivity contribution is 7.88. The lowest BCUT2D eigenvalue weighted by atomic mass is 9.54. The molecule has 0 bridgehead atoms. The second kappa shape index (κ2) is 9.62. The summed E-state index contributed by atoms with van der Waals surface area (Å²) < 4.78 is 65.5.